The zero-order valence-electron chi connectivity index (χ0n) is 9.17. The van der Waals surface area contributed by atoms with Crippen LogP contribution in [-0.2, 0) is 0 Å². The van der Waals surface area contributed by atoms with E-state index in [0.29, 0.717) is 6.42 Å². The van der Waals surface area contributed by atoms with E-state index in [1.165, 1.54) is 0 Å². The summed E-state index contributed by atoms with van der Waals surface area (Å²) in [6.45, 7) is 1.85. The Morgan fingerprint density at radius 2 is 1.44 bits per heavy atom. The van der Waals surface area contributed by atoms with Crippen LogP contribution in [0.5, 0.6) is 0 Å². The Morgan fingerprint density at radius 1 is 0.944 bits per heavy atom. The van der Waals surface area contributed by atoms with Crippen molar-refractivity contribution in [3.05, 3.63) is 0 Å². The molecule has 0 amide bonds. The van der Waals surface area contributed by atoms with E-state index in [4.69, 9.17) is 92.8 Å². The minimum absolute atomic E-state index is 0.255. The maximum absolute atomic E-state index is 6.43. The topological polar surface area (TPSA) is 0 Å². The normalized spacial score (nSPS) is 45.2. The van der Waals surface area contributed by atoms with Gasteiger partial charge in [-0.1, -0.05) is 6.92 Å². The molecule has 0 aromatic carbocycles. The molecule has 0 aromatic rings. The van der Waals surface area contributed by atoms with E-state index in [2.05, 4.69) is 0 Å². The third kappa shape index (κ3) is 1.80. The smallest absolute Gasteiger partial charge is 0.105 e. The SMILES string of the molecule is CC1(C(Cl)Cl)[C@@H]2CC(Cl)(Cl)[C@@]1(C(Cl)Cl)CC2(Cl)Cl. The first kappa shape index (κ1) is 16.7. The van der Waals surface area contributed by atoms with Gasteiger partial charge >= 0.3 is 0 Å². The lowest BCUT2D eigenvalue weighted by Crippen LogP contribution is -2.51. The van der Waals surface area contributed by atoms with Crippen molar-refractivity contribution in [2.45, 2.75) is 38.1 Å². The highest BCUT2D eigenvalue weighted by atomic mass is 35.5. The van der Waals surface area contributed by atoms with Gasteiger partial charge in [-0.15, -0.1) is 92.8 Å². The van der Waals surface area contributed by atoms with E-state index in [1.807, 2.05) is 6.92 Å². The molecule has 2 saturated carbocycles. The van der Waals surface area contributed by atoms with E-state index in [9.17, 15) is 0 Å². The molecule has 2 rings (SSSR count). The van der Waals surface area contributed by atoms with Gasteiger partial charge in [-0.2, -0.15) is 0 Å². The van der Waals surface area contributed by atoms with Crippen LogP contribution >= 0.6 is 92.8 Å². The van der Waals surface area contributed by atoms with Gasteiger partial charge in [-0.3, -0.25) is 0 Å². The van der Waals surface area contributed by atoms with Crippen LogP contribution in [0.15, 0.2) is 0 Å². The molecule has 0 aliphatic heterocycles. The van der Waals surface area contributed by atoms with Crippen molar-refractivity contribution >= 4 is 92.8 Å². The average Bonchev–Trinajstić information content (AvgIpc) is 2.47. The monoisotopic (exact) mass is 410 g/mol. The second kappa shape index (κ2) is 4.66. The number of rotatable bonds is 2. The molecule has 2 aliphatic rings. The summed E-state index contributed by atoms with van der Waals surface area (Å²) in [4.78, 5) is -1.65. The first-order valence-corrected chi connectivity index (χ1v) is 8.51. The number of hydrogen-bond donors (Lipinski definition) is 0. The molecule has 0 saturated heterocycles. The van der Waals surface area contributed by atoms with E-state index in [1.54, 1.807) is 0 Å². The predicted molar refractivity (Wildman–Crippen MR) is 83.1 cm³/mol. The zero-order valence-corrected chi connectivity index (χ0v) is 15.2. The maximum atomic E-state index is 6.43. The molecular weight excluding hydrogens is 404 g/mol. The van der Waals surface area contributed by atoms with Crippen LogP contribution in [0.2, 0.25) is 0 Å². The number of halogens is 8. The summed E-state index contributed by atoms with van der Waals surface area (Å²) in [5.74, 6) is -0.275. The molecular formula is C10H10Cl8. The van der Waals surface area contributed by atoms with Crippen LogP contribution < -0.4 is 0 Å². The summed E-state index contributed by atoms with van der Waals surface area (Å²) in [5, 5.41) is 0. The Balaban J connectivity index is 2.67. The molecule has 0 nitrogen and oxygen atoms in total. The van der Waals surface area contributed by atoms with Gasteiger partial charge in [0.2, 0.25) is 0 Å². The fourth-order valence-electron chi connectivity index (χ4n) is 3.58. The Bertz CT molecular complexity index is 365. The number of hydrogen-bond acceptors (Lipinski definition) is 0. The van der Waals surface area contributed by atoms with Crippen molar-refractivity contribution in [2.75, 3.05) is 0 Å². The molecule has 0 spiro atoms. The van der Waals surface area contributed by atoms with Gasteiger partial charge in [0, 0.05) is 16.7 Å². The Hall–Kier alpha value is 2.32. The summed E-state index contributed by atoms with van der Waals surface area (Å²) in [7, 11) is 0. The van der Waals surface area contributed by atoms with E-state index >= 15 is 0 Å². The molecule has 106 valence electrons. The second-order valence-electron chi connectivity index (χ2n) is 5.25. The van der Waals surface area contributed by atoms with Crippen molar-refractivity contribution < 1.29 is 0 Å². The fourth-order valence-corrected chi connectivity index (χ4v) is 7.59. The predicted octanol–water partition coefficient (Wildman–Crippen LogP) is 6.36. The van der Waals surface area contributed by atoms with Crippen LogP contribution in [0, 0.1) is 16.7 Å². The first-order valence-electron chi connectivity index (χ1n) is 5.25. The van der Waals surface area contributed by atoms with Gasteiger partial charge in [-0.25, -0.2) is 0 Å². The lowest BCUT2D eigenvalue weighted by atomic mass is 9.70. The molecule has 3 atom stereocenters. The standard InChI is InChI=1S/C10H10Cl8/c1-7(5(11)12)4-2-10(17,18)8(7,6(13)14)3-9(4,15)16/h4-6H,2-3H2,1H3/t4-,7?,8+/m0/s1. The highest BCUT2D eigenvalue weighted by Gasteiger charge is 2.82. The summed E-state index contributed by atoms with van der Waals surface area (Å²) in [6, 6.07) is 0. The van der Waals surface area contributed by atoms with Gasteiger partial charge in [-0.05, 0) is 12.8 Å². The highest BCUT2D eigenvalue weighted by molar-refractivity contribution is 6.55. The van der Waals surface area contributed by atoms with E-state index < -0.39 is 29.2 Å². The van der Waals surface area contributed by atoms with Gasteiger partial charge in [0.05, 0.1) is 0 Å². The lowest BCUT2D eigenvalue weighted by molar-refractivity contribution is 0.130. The molecule has 0 radical (unpaired) electrons. The van der Waals surface area contributed by atoms with E-state index in [-0.39, 0.29) is 12.3 Å². The van der Waals surface area contributed by atoms with Crippen LogP contribution in [0.3, 0.4) is 0 Å². The Labute approximate surface area is 146 Å². The maximum Gasteiger partial charge on any atom is 0.127 e. The molecule has 0 N–H and O–H groups in total. The first-order chi connectivity index (χ1) is 7.93. The van der Waals surface area contributed by atoms with Crippen LogP contribution in [0.4, 0.5) is 0 Å². The fraction of sp³-hybridized carbons (Fsp3) is 1.00. The number of alkyl halides is 8. The molecule has 0 aromatic heterocycles. The zero-order chi connectivity index (χ0) is 14.1. The quantitative estimate of drug-likeness (QED) is 0.462. The molecule has 2 bridgehead atoms. The van der Waals surface area contributed by atoms with Crippen LogP contribution in [0.1, 0.15) is 19.8 Å². The van der Waals surface area contributed by atoms with Crippen LogP contribution in [0.25, 0.3) is 0 Å². The van der Waals surface area contributed by atoms with Crippen molar-refractivity contribution in [1.82, 2.24) is 0 Å². The van der Waals surface area contributed by atoms with Crippen molar-refractivity contribution in [1.29, 1.82) is 0 Å². The van der Waals surface area contributed by atoms with Crippen molar-refractivity contribution in [3.63, 3.8) is 0 Å². The summed E-state index contributed by atoms with van der Waals surface area (Å²) in [6.07, 6.45) is 0.608. The second-order valence-corrected chi connectivity index (χ2v) is 10.5. The van der Waals surface area contributed by atoms with Crippen molar-refractivity contribution in [2.24, 2.45) is 16.7 Å². The molecule has 2 fully saturated rings. The van der Waals surface area contributed by atoms with Gasteiger partial charge < -0.3 is 0 Å². The van der Waals surface area contributed by atoms with Crippen LogP contribution in [-0.4, -0.2) is 18.3 Å². The largest absolute Gasteiger partial charge is 0.127 e. The Kier molecular flexibility index (Phi) is 4.32. The number of fused-ring (bicyclic) bond motifs is 2. The summed E-state index contributed by atoms with van der Waals surface area (Å²) < 4.78 is -2.19. The van der Waals surface area contributed by atoms with E-state index in [0.717, 1.165) is 0 Å². The summed E-state index contributed by atoms with van der Waals surface area (Å²) >= 11 is 50.3. The average molecular weight is 414 g/mol. The molecule has 8 heteroatoms. The highest BCUT2D eigenvalue weighted by Crippen LogP contribution is 2.81. The van der Waals surface area contributed by atoms with Crippen molar-refractivity contribution in [3.8, 4) is 0 Å². The minimum Gasteiger partial charge on any atom is -0.105 e. The third-order valence-electron chi connectivity index (χ3n) is 4.65. The molecule has 1 unspecified atom stereocenters. The molecule has 18 heavy (non-hydrogen) atoms. The minimum atomic E-state index is -1.16. The third-order valence-corrected chi connectivity index (χ3v) is 8.08. The van der Waals surface area contributed by atoms with Gasteiger partial charge in [0.15, 0.2) is 0 Å². The van der Waals surface area contributed by atoms with Gasteiger partial charge in [0.25, 0.3) is 0 Å². The summed E-state index contributed by atoms with van der Waals surface area (Å²) in [5.41, 5.74) is -1.70. The molecule has 2 aliphatic carbocycles. The Morgan fingerprint density at radius 3 is 1.78 bits per heavy atom. The molecule has 0 heterocycles. The van der Waals surface area contributed by atoms with Gasteiger partial charge in [0.1, 0.15) is 18.3 Å². The lowest BCUT2D eigenvalue weighted by Gasteiger charge is -2.47.